The van der Waals surface area contributed by atoms with Gasteiger partial charge in [0.05, 0.1) is 19.7 Å². The number of para-hydroxylation sites is 1. The molecular weight excluding hydrogens is 434 g/mol. The second kappa shape index (κ2) is 8.86. The van der Waals surface area contributed by atoms with Crippen molar-refractivity contribution in [3.05, 3.63) is 53.0 Å². The fraction of sp³-hybridized carbons (Fsp3) is 0.462. The molecule has 2 aromatic heterocycles. The summed E-state index contributed by atoms with van der Waals surface area (Å²) >= 11 is 1.61. The second-order valence-corrected chi connectivity index (χ2v) is 10.2. The molecule has 33 heavy (non-hydrogen) atoms. The molecule has 6 nitrogen and oxygen atoms in total. The van der Waals surface area contributed by atoms with Gasteiger partial charge in [-0.1, -0.05) is 37.5 Å². The van der Waals surface area contributed by atoms with Gasteiger partial charge >= 0.3 is 0 Å². The van der Waals surface area contributed by atoms with E-state index in [0.717, 1.165) is 47.2 Å². The van der Waals surface area contributed by atoms with Crippen molar-refractivity contribution in [1.82, 2.24) is 14.8 Å². The topological polar surface area (TPSA) is 63.6 Å². The number of rotatable bonds is 6. The lowest BCUT2D eigenvalue weighted by Gasteiger charge is -2.45. The number of hydrogen-bond donors (Lipinski definition) is 1. The zero-order valence-electron chi connectivity index (χ0n) is 19.3. The van der Waals surface area contributed by atoms with Gasteiger partial charge in [0.15, 0.2) is 0 Å². The van der Waals surface area contributed by atoms with Gasteiger partial charge in [-0.3, -0.25) is 9.59 Å². The summed E-state index contributed by atoms with van der Waals surface area (Å²) in [6.07, 6.45) is 5.53. The van der Waals surface area contributed by atoms with E-state index in [4.69, 9.17) is 4.74 Å². The Balaban J connectivity index is 1.54. The van der Waals surface area contributed by atoms with Crippen LogP contribution in [0.25, 0.3) is 10.2 Å². The summed E-state index contributed by atoms with van der Waals surface area (Å²) in [5, 5.41) is 6.38. The molecule has 0 radical (unpaired) electrons. The maximum atomic E-state index is 13.9. The van der Waals surface area contributed by atoms with E-state index in [0.29, 0.717) is 25.4 Å². The van der Waals surface area contributed by atoms with Crippen LogP contribution < -0.4 is 10.1 Å². The van der Waals surface area contributed by atoms with E-state index in [1.54, 1.807) is 16.2 Å². The molecule has 174 valence electrons. The van der Waals surface area contributed by atoms with E-state index in [1.165, 1.54) is 6.42 Å². The Bertz CT molecular complexity index is 1180. The second-order valence-electron chi connectivity index (χ2n) is 9.31. The molecule has 0 bridgehead atoms. The highest BCUT2D eigenvalue weighted by Gasteiger charge is 2.48. The molecule has 5 rings (SSSR count). The summed E-state index contributed by atoms with van der Waals surface area (Å²) in [7, 11) is 0. The number of nitrogens with zero attached hydrogens (tertiary/aromatic N) is 2. The number of benzene rings is 1. The molecule has 3 heterocycles. The van der Waals surface area contributed by atoms with Crippen LogP contribution in [-0.4, -0.2) is 39.5 Å². The van der Waals surface area contributed by atoms with Crippen LogP contribution >= 0.6 is 11.3 Å². The molecule has 2 aliphatic rings. The molecule has 1 fully saturated rings. The summed E-state index contributed by atoms with van der Waals surface area (Å²) in [6.45, 7) is 5.16. The average Bonchev–Trinajstić information content (AvgIpc) is 3.41. The lowest BCUT2D eigenvalue weighted by atomic mass is 9.91. The monoisotopic (exact) mass is 465 g/mol. The van der Waals surface area contributed by atoms with Crippen molar-refractivity contribution < 1.29 is 14.3 Å². The lowest BCUT2D eigenvalue weighted by molar-refractivity contribution is -0.134. The molecule has 0 saturated heterocycles. The Labute approximate surface area is 198 Å². The van der Waals surface area contributed by atoms with Gasteiger partial charge in [-0.2, -0.15) is 0 Å². The first-order valence-electron chi connectivity index (χ1n) is 11.9. The van der Waals surface area contributed by atoms with E-state index in [9.17, 15) is 9.59 Å². The van der Waals surface area contributed by atoms with Crippen molar-refractivity contribution in [1.29, 1.82) is 0 Å². The smallest absolute Gasteiger partial charge is 0.271 e. The van der Waals surface area contributed by atoms with Gasteiger partial charge in [-0.05, 0) is 50.3 Å². The number of carbonyl (C=O) groups excluding carboxylic acids is 2. The largest absolute Gasteiger partial charge is 0.494 e. The molecule has 2 amide bonds. The van der Waals surface area contributed by atoms with Gasteiger partial charge in [-0.15, -0.1) is 11.3 Å². The van der Waals surface area contributed by atoms with Crippen LogP contribution in [0.3, 0.4) is 0 Å². The molecule has 1 aliphatic heterocycles. The Morgan fingerprint density at radius 3 is 2.79 bits per heavy atom. The maximum absolute atomic E-state index is 13.9. The van der Waals surface area contributed by atoms with Crippen molar-refractivity contribution in [2.75, 3.05) is 6.61 Å². The number of nitrogens with one attached hydrogen (secondary N) is 1. The Kier molecular flexibility index (Phi) is 5.91. The van der Waals surface area contributed by atoms with Crippen LogP contribution in [0.15, 0.2) is 41.8 Å². The third-order valence-corrected chi connectivity index (χ3v) is 8.01. The third-order valence-electron chi connectivity index (χ3n) is 7.06. The van der Waals surface area contributed by atoms with E-state index in [-0.39, 0.29) is 17.9 Å². The van der Waals surface area contributed by atoms with Gasteiger partial charge in [0.25, 0.3) is 5.91 Å². The van der Waals surface area contributed by atoms with Crippen LogP contribution in [0.1, 0.15) is 62.0 Å². The number of aromatic nitrogens is 1. The minimum atomic E-state index is -1.00. The predicted molar refractivity (Wildman–Crippen MR) is 131 cm³/mol. The van der Waals surface area contributed by atoms with Crippen molar-refractivity contribution in [2.45, 2.75) is 70.6 Å². The minimum absolute atomic E-state index is 0.0688. The van der Waals surface area contributed by atoms with Crippen molar-refractivity contribution >= 4 is 33.4 Å². The molecule has 0 unspecified atom stereocenters. The highest BCUT2D eigenvalue weighted by atomic mass is 32.1. The molecule has 1 N–H and O–H groups in total. The first-order chi connectivity index (χ1) is 16.0. The zero-order chi connectivity index (χ0) is 23.0. The number of carbonyl (C=O) groups is 2. The average molecular weight is 466 g/mol. The fourth-order valence-electron chi connectivity index (χ4n) is 5.19. The maximum Gasteiger partial charge on any atom is 0.271 e. The molecule has 3 aromatic rings. The first-order valence-corrected chi connectivity index (χ1v) is 12.8. The standard InChI is InChI=1S/C26H31N3O3S/c1-3-32-22-12-8-7-9-19(22)16-29-23(30)21-15-18-13-14-33-24(18)28(21)17-26(29,2)25(31)27-20-10-5-4-6-11-20/h7-9,12-15,20H,3-6,10-11,16-17H2,1-2H3,(H,27,31)/t26-/m1/s1. The molecular formula is C26H31N3O3S. The van der Waals surface area contributed by atoms with Gasteiger partial charge < -0.3 is 19.5 Å². The highest BCUT2D eigenvalue weighted by Crippen LogP contribution is 2.36. The van der Waals surface area contributed by atoms with Gasteiger partial charge in [0.1, 0.15) is 21.8 Å². The van der Waals surface area contributed by atoms with E-state index in [2.05, 4.69) is 5.32 Å². The molecule has 7 heteroatoms. The predicted octanol–water partition coefficient (Wildman–Crippen LogP) is 4.97. The lowest BCUT2D eigenvalue weighted by Crippen LogP contribution is -2.64. The Morgan fingerprint density at radius 2 is 2.00 bits per heavy atom. The molecule has 0 spiro atoms. The summed E-state index contributed by atoms with van der Waals surface area (Å²) < 4.78 is 7.86. The summed E-state index contributed by atoms with van der Waals surface area (Å²) in [6, 6.07) is 11.9. The summed E-state index contributed by atoms with van der Waals surface area (Å²) in [5.74, 6) is 0.572. The number of fused-ring (bicyclic) bond motifs is 3. The van der Waals surface area contributed by atoms with Crippen LogP contribution in [0, 0.1) is 0 Å². The zero-order valence-corrected chi connectivity index (χ0v) is 20.1. The minimum Gasteiger partial charge on any atom is -0.494 e. The SMILES string of the molecule is CCOc1ccccc1CN1C(=O)c2cc3ccsc3n2C[C@]1(C)C(=O)NC1CCCCC1. The number of amides is 2. The van der Waals surface area contributed by atoms with Gasteiger partial charge in [0, 0.05) is 17.0 Å². The van der Waals surface area contributed by atoms with Gasteiger partial charge in [0.2, 0.25) is 5.91 Å². The van der Waals surface area contributed by atoms with E-state index >= 15 is 0 Å². The number of hydrogen-bond acceptors (Lipinski definition) is 4. The van der Waals surface area contributed by atoms with Crippen molar-refractivity contribution in [3.63, 3.8) is 0 Å². The summed E-state index contributed by atoms with van der Waals surface area (Å²) in [5.41, 5.74) is 0.552. The third kappa shape index (κ3) is 3.92. The van der Waals surface area contributed by atoms with Crippen molar-refractivity contribution in [3.8, 4) is 5.75 Å². The van der Waals surface area contributed by atoms with Crippen LogP contribution in [0.4, 0.5) is 0 Å². The fourth-order valence-corrected chi connectivity index (χ4v) is 6.09. The molecule has 1 atom stereocenters. The van der Waals surface area contributed by atoms with Gasteiger partial charge in [-0.25, -0.2) is 0 Å². The molecule has 1 aromatic carbocycles. The van der Waals surface area contributed by atoms with Crippen LogP contribution in [-0.2, 0) is 17.9 Å². The number of thiophene rings is 1. The van der Waals surface area contributed by atoms with Crippen molar-refractivity contribution in [2.24, 2.45) is 0 Å². The van der Waals surface area contributed by atoms with Crippen LogP contribution in [0.2, 0.25) is 0 Å². The number of ether oxygens (including phenoxy) is 1. The quantitative estimate of drug-likeness (QED) is 0.559. The summed E-state index contributed by atoms with van der Waals surface area (Å²) in [4.78, 5) is 30.5. The van der Waals surface area contributed by atoms with Crippen LogP contribution in [0.5, 0.6) is 5.75 Å². The Hall–Kier alpha value is -2.80. The van der Waals surface area contributed by atoms with E-state index < -0.39 is 5.54 Å². The Morgan fingerprint density at radius 1 is 1.21 bits per heavy atom. The highest BCUT2D eigenvalue weighted by molar-refractivity contribution is 7.16. The molecule has 1 saturated carbocycles. The first kappa shape index (κ1) is 22.0. The normalized spacial score (nSPS) is 21.3. The van der Waals surface area contributed by atoms with E-state index in [1.807, 2.05) is 60.2 Å². The molecule has 1 aliphatic carbocycles.